The molecule has 1 saturated carbocycles. The van der Waals surface area contributed by atoms with Crippen LogP contribution in [0.15, 0.2) is 77.7 Å². The minimum absolute atomic E-state index is 0.0303. The standard InChI is InChI=1S/C31H35Cl2N3O5S/c1-3-29(31(38)34-23-10-7-8-11-23)35(20-22-16-17-27(32)28(33)18-22)30(37)21-36(24-12-9-13-25(19-24)41-2)42(39,40)26-14-5-4-6-15-26/h4-6,9,12-19,23,29H,3,7-8,10-11,20-21H2,1-2H3,(H,34,38)/t29-/m0/s1. The number of nitrogens with one attached hydrogen (secondary N) is 1. The Morgan fingerprint density at radius 2 is 1.69 bits per heavy atom. The van der Waals surface area contributed by atoms with Gasteiger partial charge in [-0.05, 0) is 61.2 Å². The second-order valence-electron chi connectivity index (χ2n) is 10.2. The van der Waals surface area contributed by atoms with Crippen LogP contribution in [-0.2, 0) is 26.2 Å². The van der Waals surface area contributed by atoms with Crippen molar-refractivity contribution < 1.29 is 22.7 Å². The average Bonchev–Trinajstić information content (AvgIpc) is 3.51. The molecule has 1 N–H and O–H groups in total. The van der Waals surface area contributed by atoms with E-state index in [1.165, 1.54) is 24.1 Å². The van der Waals surface area contributed by atoms with Crippen molar-refractivity contribution in [2.45, 2.75) is 62.6 Å². The van der Waals surface area contributed by atoms with E-state index in [1.807, 2.05) is 6.92 Å². The lowest BCUT2D eigenvalue weighted by Crippen LogP contribution is -2.53. The van der Waals surface area contributed by atoms with Crippen molar-refractivity contribution in [3.63, 3.8) is 0 Å². The molecule has 0 heterocycles. The first kappa shape index (κ1) is 31.7. The van der Waals surface area contributed by atoms with Crippen molar-refractivity contribution in [1.82, 2.24) is 10.2 Å². The Bertz CT molecular complexity index is 1500. The lowest BCUT2D eigenvalue weighted by atomic mass is 10.1. The molecule has 1 aliphatic carbocycles. The quantitative estimate of drug-likeness (QED) is 0.262. The molecule has 1 atom stereocenters. The molecule has 0 unspecified atom stereocenters. The Balaban J connectivity index is 1.73. The van der Waals surface area contributed by atoms with E-state index >= 15 is 0 Å². The zero-order valence-corrected chi connectivity index (χ0v) is 26.0. The van der Waals surface area contributed by atoms with E-state index < -0.39 is 28.5 Å². The van der Waals surface area contributed by atoms with Gasteiger partial charge in [0.05, 0.1) is 27.7 Å². The third kappa shape index (κ3) is 7.56. The summed E-state index contributed by atoms with van der Waals surface area (Å²) in [5, 5.41) is 3.78. The Hall–Kier alpha value is -3.27. The molecule has 0 radical (unpaired) electrons. The maximum absolute atomic E-state index is 14.2. The molecule has 8 nitrogen and oxygen atoms in total. The monoisotopic (exact) mass is 631 g/mol. The Morgan fingerprint density at radius 3 is 2.33 bits per heavy atom. The fraction of sp³-hybridized carbons (Fsp3) is 0.355. The summed E-state index contributed by atoms with van der Waals surface area (Å²) in [5.74, 6) is -0.378. The SMILES string of the molecule is CC[C@@H](C(=O)NC1CCCC1)N(Cc1ccc(Cl)c(Cl)c1)C(=O)CN(c1cccc(OC)c1)S(=O)(=O)c1ccccc1. The average molecular weight is 633 g/mol. The molecule has 3 aromatic carbocycles. The summed E-state index contributed by atoms with van der Waals surface area (Å²) >= 11 is 12.4. The summed E-state index contributed by atoms with van der Waals surface area (Å²) in [6.07, 6.45) is 4.20. The van der Waals surface area contributed by atoms with Gasteiger partial charge in [-0.15, -0.1) is 0 Å². The van der Waals surface area contributed by atoms with Gasteiger partial charge in [-0.25, -0.2) is 8.42 Å². The van der Waals surface area contributed by atoms with Crippen LogP contribution in [0.4, 0.5) is 5.69 Å². The summed E-state index contributed by atoms with van der Waals surface area (Å²) in [6.45, 7) is 1.32. The van der Waals surface area contributed by atoms with Crippen molar-refractivity contribution in [2.24, 2.45) is 0 Å². The molecule has 42 heavy (non-hydrogen) atoms. The Morgan fingerprint density at radius 1 is 0.976 bits per heavy atom. The van der Waals surface area contributed by atoms with Crippen LogP contribution >= 0.6 is 23.2 Å². The Kier molecular flexibility index (Phi) is 10.8. The van der Waals surface area contributed by atoms with Crippen LogP contribution in [0, 0.1) is 0 Å². The second-order valence-corrected chi connectivity index (χ2v) is 12.9. The molecule has 0 aliphatic heterocycles. The van der Waals surface area contributed by atoms with Gasteiger partial charge in [0.2, 0.25) is 11.8 Å². The van der Waals surface area contributed by atoms with E-state index in [9.17, 15) is 18.0 Å². The molecule has 3 aromatic rings. The van der Waals surface area contributed by atoms with Crippen LogP contribution in [-0.4, -0.2) is 50.9 Å². The summed E-state index contributed by atoms with van der Waals surface area (Å²) in [5.41, 5.74) is 0.910. The number of benzene rings is 3. The first-order chi connectivity index (χ1) is 20.1. The van der Waals surface area contributed by atoms with Crippen molar-refractivity contribution in [3.8, 4) is 5.75 Å². The number of hydrogen-bond donors (Lipinski definition) is 1. The van der Waals surface area contributed by atoms with Gasteiger partial charge in [0.1, 0.15) is 18.3 Å². The number of sulfonamides is 1. The minimum Gasteiger partial charge on any atom is -0.497 e. The van der Waals surface area contributed by atoms with Crippen molar-refractivity contribution >= 4 is 50.7 Å². The smallest absolute Gasteiger partial charge is 0.264 e. The molecule has 1 aliphatic rings. The highest BCUT2D eigenvalue weighted by molar-refractivity contribution is 7.92. The van der Waals surface area contributed by atoms with Crippen molar-refractivity contribution in [1.29, 1.82) is 0 Å². The van der Waals surface area contributed by atoms with Crippen LogP contribution in [0.25, 0.3) is 0 Å². The number of methoxy groups -OCH3 is 1. The first-order valence-electron chi connectivity index (χ1n) is 13.9. The number of anilines is 1. The fourth-order valence-electron chi connectivity index (χ4n) is 5.14. The third-order valence-electron chi connectivity index (χ3n) is 7.38. The molecule has 0 spiro atoms. The summed E-state index contributed by atoms with van der Waals surface area (Å²) in [7, 11) is -2.69. The molecule has 0 aromatic heterocycles. The van der Waals surface area contributed by atoms with Gasteiger partial charge in [-0.3, -0.25) is 13.9 Å². The zero-order chi connectivity index (χ0) is 30.3. The highest BCUT2D eigenvalue weighted by atomic mass is 35.5. The number of ether oxygens (including phenoxy) is 1. The second kappa shape index (κ2) is 14.3. The van der Waals surface area contributed by atoms with Crippen molar-refractivity contribution in [3.05, 3.63) is 88.4 Å². The zero-order valence-electron chi connectivity index (χ0n) is 23.6. The molecule has 2 amide bonds. The molecule has 11 heteroatoms. The van der Waals surface area contributed by atoms with E-state index in [4.69, 9.17) is 27.9 Å². The van der Waals surface area contributed by atoms with Crippen LogP contribution < -0.4 is 14.4 Å². The largest absolute Gasteiger partial charge is 0.497 e. The van der Waals surface area contributed by atoms with Gasteiger partial charge in [-0.2, -0.15) is 0 Å². The molecule has 1 fully saturated rings. The number of hydrogen-bond acceptors (Lipinski definition) is 5. The van der Waals surface area contributed by atoms with Gasteiger partial charge < -0.3 is 15.0 Å². The van der Waals surface area contributed by atoms with Crippen LogP contribution in [0.1, 0.15) is 44.6 Å². The van der Waals surface area contributed by atoms with Gasteiger partial charge >= 0.3 is 0 Å². The van der Waals surface area contributed by atoms with Crippen LogP contribution in [0.2, 0.25) is 10.0 Å². The number of carbonyl (C=O) groups is 2. The highest BCUT2D eigenvalue weighted by Gasteiger charge is 2.34. The van der Waals surface area contributed by atoms with Crippen LogP contribution in [0.3, 0.4) is 0 Å². The van der Waals surface area contributed by atoms with E-state index in [-0.39, 0.29) is 29.1 Å². The van der Waals surface area contributed by atoms with Gasteiger partial charge in [0.25, 0.3) is 10.0 Å². The van der Waals surface area contributed by atoms with Gasteiger partial charge in [0, 0.05) is 18.7 Å². The molecule has 0 bridgehead atoms. The molecular formula is C31H35Cl2N3O5S. The predicted octanol–water partition coefficient (Wildman–Crippen LogP) is 6.06. The molecule has 4 rings (SSSR count). The highest BCUT2D eigenvalue weighted by Crippen LogP contribution is 2.29. The minimum atomic E-state index is -4.17. The third-order valence-corrected chi connectivity index (χ3v) is 9.90. The number of halogens is 2. The maximum Gasteiger partial charge on any atom is 0.264 e. The number of amides is 2. The number of nitrogens with zero attached hydrogens (tertiary/aromatic N) is 2. The van der Waals surface area contributed by atoms with Gasteiger partial charge in [-0.1, -0.05) is 73.3 Å². The fourth-order valence-corrected chi connectivity index (χ4v) is 6.88. The van der Waals surface area contributed by atoms with Gasteiger partial charge in [0.15, 0.2) is 0 Å². The van der Waals surface area contributed by atoms with E-state index in [2.05, 4.69) is 5.32 Å². The van der Waals surface area contributed by atoms with E-state index in [0.717, 1.165) is 30.0 Å². The first-order valence-corrected chi connectivity index (χ1v) is 16.1. The Labute approximate surface area is 257 Å². The molecule has 224 valence electrons. The molecule has 0 saturated heterocycles. The number of carbonyl (C=O) groups excluding carboxylic acids is 2. The van der Waals surface area contributed by atoms with Crippen LogP contribution in [0.5, 0.6) is 5.75 Å². The maximum atomic E-state index is 14.2. The lowest BCUT2D eigenvalue weighted by molar-refractivity contribution is -0.140. The normalized spacial score (nSPS) is 14.3. The van der Waals surface area contributed by atoms with E-state index in [1.54, 1.807) is 60.7 Å². The van der Waals surface area contributed by atoms with Crippen molar-refractivity contribution in [2.75, 3.05) is 18.0 Å². The van der Waals surface area contributed by atoms with E-state index in [0.29, 0.717) is 27.8 Å². The lowest BCUT2D eigenvalue weighted by Gasteiger charge is -2.34. The number of rotatable bonds is 12. The topological polar surface area (TPSA) is 96.0 Å². The summed E-state index contributed by atoms with van der Waals surface area (Å²) in [6, 6.07) is 18.6. The summed E-state index contributed by atoms with van der Waals surface area (Å²) < 4.78 is 34.3. The summed E-state index contributed by atoms with van der Waals surface area (Å²) in [4.78, 5) is 29.2. The predicted molar refractivity (Wildman–Crippen MR) is 165 cm³/mol. The molecular weight excluding hydrogens is 597 g/mol.